The Labute approximate surface area is 91.5 Å². The van der Waals surface area contributed by atoms with Crippen molar-refractivity contribution in [1.82, 2.24) is 5.32 Å². The van der Waals surface area contributed by atoms with Crippen molar-refractivity contribution in [3.63, 3.8) is 0 Å². The normalized spacial score (nSPS) is 26.4. The number of alkyl carbamates (subject to hydrolysis) is 1. The van der Waals surface area contributed by atoms with Gasteiger partial charge in [-0.25, -0.2) is 4.79 Å². The monoisotopic (exact) mass is 214 g/mol. The van der Waals surface area contributed by atoms with Crippen molar-refractivity contribution in [2.75, 3.05) is 6.61 Å². The molecule has 1 aliphatic rings. The highest BCUT2D eigenvalue weighted by Gasteiger charge is 2.23. The first-order valence-electron chi connectivity index (χ1n) is 5.78. The highest BCUT2D eigenvalue weighted by atomic mass is 16.5. The molecular formula is C11H22N2O2. The molecule has 0 saturated heterocycles. The predicted octanol–water partition coefficient (Wildman–Crippen LogP) is 1.64. The summed E-state index contributed by atoms with van der Waals surface area (Å²) in [7, 11) is 0. The lowest BCUT2D eigenvalue weighted by atomic mass is 9.91. The Kier molecular flexibility index (Phi) is 4.88. The second-order valence-corrected chi connectivity index (χ2v) is 4.69. The number of amides is 1. The summed E-state index contributed by atoms with van der Waals surface area (Å²) >= 11 is 0. The van der Waals surface area contributed by atoms with Crippen molar-refractivity contribution < 1.29 is 9.53 Å². The molecule has 0 aromatic rings. The van der Waals surface area contributed by atoms with Crippen LogP contribution in [0.2, 0.25) is 0 Å². The summed E-state index contributed by atoms with van der Waals surface area (Å²) in [6, 6.07) is 0.184. The molecule has 1 rings (SSSR count). The molecule has 3 N–H and O–H groups in total. The van der Waals surface area contributed by atoms with Crippen LogP contribution in [-0.4, -0.2) is 24.8 Å². The van der Waals surface area contributed by atoms with Gasteiger partial charge < -0.3 is 15.8 Å². The SMILES string of the molecule is CC(C)COC(=O)N[C@@H]1CCCC[C@H]1N. The molecule has 0 radical (unpaired) electrons. The standard InChI is InChI=1S/C11H22N2O2/c1-8(2)7-15-11(14)13-10-6-4-3-5-9(10)12/h8-10H,3-7,12H2,1-2H3,(H,13,14)/t9-,10-/m1/s1. The van der Waals surface area contributed by atoms with Gasteiger partial charge in [0, 0.05) is 12.1 Å². The van der Waals surface area contributed by atoms with Crippen molar-refractivity contribution in [3.8, 4) is 0 Å². The zero-order valence-electron chi connectivity index (χ0n) is 9.66. The first kappa shape index (κ1) is 12.3. The number of nitrogens with two attached hydrogens (primary N) is 1. The van der Waals surface area contributed by atoms with Gasteiger partial charge in [0.2, 0.25) is 0 Å². The van der Waals surface area contributed by atoms with Crippen LogP contribution in [0, 0.1) is 5.92 Å². The summed E-state index contributed by atoms with van der Waals surface area (Å²) in [5.74, 6) is 0.371. The van der Waals surface area contributed by atoms with Crippen molar-refractivity contribution >= 4 is 6.09 Å². The highest BCUT2D eigenvalue weighted by Crippen LogP contribution is 2.16. The van der Waals surface area contributed by atoms with E-state index in [9.17, 15) is 4.79 Å². The van der Waals surface area contributed by atoms with E-state index in [1.165, 1.54) is 6.42 Å². The van der Waals surface area contributed by atoms with Gasteiger partial charge in [0.05, 0.1) is 6.61 Å². The molecule has 4 nitrogen and oxygen atoms in total. The Hall–Kier alpha value is -0.770. The third-order valence-corrected chi connectivity index (χ3v) is 2.67. The van der Waals surface area contributed by atoms with E-state index in [-0.39, 0.29) is 18.2 Å². The average molecular weight is 214 g/mol. The Morgan fingerprint density at radius 1 is 1.47 bits per heavy atom. The quantitative estimate of drug-likeness (QED) is 0.750. The van der Waals surface area contributed by atoms with Crippen LogP contribution in [0.25, 0.3) is 0 Å². The molecule has 1 amide bonds. The number of hydrogen-bond acceptors (Lipinski definition) is 3. The lowest BCUT2D eigenvalue weighted by Gasteiger charge is -2.28. The van der Waals surface area contributed by atoms with Gasteiger partial charge >= 0.3 is 6.09 Å². The lowest BCUT2D eigenvalue weighted by molar-refractivity contribution is 0.125. The minimum Gasteiger partial charge on any atom is -0.449 e. The third kappa shape index (κ3) is 4.51. The van der Waals surface area contributed by atoms with Gasteiger partial charge in [-0.05, 0) is 18.8 Å². The fraction of sp³-hybridized carbons (Fsp3) is 0.909. The van der Waals surface area contributed by atoms with Crippen LogP contribution in [0.15, 0.2) is 0 Å². The summed E-state index contributed by atoms with van der Waals surface area (Å²) in [5.41, 5.74) is 5.91. The summed E-state index contributed by atoms with van der Waals surface area (Å²) in [4.78, 5) is 11.4. The van der Waals surface area contributed by atoms with Crippen molar-refractivity contribution in [3.05, 3.63) is 0 Å². The van der Waals surface area contributed by atoms with E-state index in [1.54, 1.807) is 0 Å². The number of nitrogens with one attached hydrogen (secondary N) is 1. The van der Waals surface area contributed by atoms with Gasteiger partial charge in [-0.2, -0.15) is 0 Å². The topological polar surface area (TPSA) is 64.3 Å². The molecule has 1 aliphatic carbocycles. The first-order chi connectivity index (χ1) is 7.09. The Morgan fingerprint density at radius 3 is 2.73 bits per heavy atom. The van der Waals surface area contributed by atoms with E-state index in [0.29, 0.717) is 12.5 Å². The third-order valence-electron chi connectivity index (χ3n) is 2.67. The molecule has 4 heteroatoms. The maximum atomic E-state index is 11.4. The van der Waals surface area contributed by atoms with Gasteiger partial charge in [-0.15, -0.1) is 0 Å². The summed E-state index contributed by atoms with van der Waals surface area (Å²) < 4.78 is 5.05. The molecule has 0 aliphatic heterocycles. The van der Waals surface area contributed by atoms with Crippen LogP contribution in [0.4, 0.5) is 4.79 Å². The van der Waals surface area contributed by atoms with Gasteiger partial charge in [0.1, 0.15) is 0 Å². The molecule has 0 spiro atoms. The van der Waals surface area contributed by atoms with Crippen LogP contribution >= 0.6 is 0 Å². The van der Waals surface area contributed by atoms with Gasteiger partial charge in [0.25, 0.3) is 0 Å². The van der Waals surface area contributed by atoms with Crippen LogP contribution in [-0.2, 0) is 4.74 Å². The molecule has 2 atom stereocenters. The van der Waals surface area contributed by atoms with Gasteiger partial charge in [0.15, 0.2) is 0 Å². The van der Waals surface area contributed by atoms with Crippen LogP contribution in [0.5, 0.6) is 0 Å². The smallest absolute Gasteiger partial charge is 0.407 e. The largest absolute Gasteiger partial charge is 0.449 e. The molecule has 1 fully saturated rings. The lowest BCUT2D eigenvalue weighted by Crippen LogP contribution is -2.49. The summed E-state index contributed by atoms with van der Waals surface area (Å²) in [6.07, 6.45) is 3.95. The average Bonchev–Trinajstić information content (AvgIpc) is 2.18. The molecule has 88 valence electrons. The molecule has 0 heterocycles. The Morgan fingerprint density at radius 2 is 2.13 bits per heavy atom. The maximum absolute atomic E-state index is 11.4. The minimum absolute atomic E-state index is 0.0883. The number of carbonyl (C=O) groups is 1. The Balaban J connectivity index is 2.24. The zero-order valence-corrected chi connectivity index (χ0v) is 9.66. The molecule has 0 aromatic carbocycles. The van der Waals surface area contributed by atoms with Crippen LogP contribution in [0.1, 0.15) is 39.5 Å². The van der Waals surface area contributed by atoms with E-state index < -0.39 is 0 Å². The summed E-state index contributed by atoms with van der Waals surface area (Å²) in [5, 5.41) is 2.84. The molecule has 0 unspecified atom stereocenters. The molecular weight excluding hydrogens is 192 g/mol. The zero-order chi connectivity index (χ0) is 11.3. The van der Waals surface area contributed by atoms with Gasteiger partial charge in [-0.1, -0.05) is 26.7 Å². The minimum atomic E-state index is -0.328. The van der Waals surface area contributed by atoms with Crippen molar-refractivity contribution in [1.29, 1.82) is 0 Å². The summed E-state index contributed by atoms with van der Waals surface area (Å²) in [6.45, 7) is 4.49. The molecule has 1 saturated carbocycles. The van der Waals surface area contributed by atoms with Crippen molar-refractivity contribution in [2.45, 2.75) is 51.6 Å². The number of rotatable bonds is 3. The number of carbonyl (C=O) groups excluding carboxylic acids is 1. The van der Waals surface area contributed by atoms with Gasteiger partial charge in [-0.3, -0.25) is 0 Å². The van der Waals surface area contributed by atoms with Crippen molar-refractivity contribution in [2.24, 2.45) is 11.7 Å². The predicted molar refractivity (Wildman–Crippen MR) is 59.6 cm³/mol. The van der Waals surface area contributed by atoms with E-state index >= 15 is 0 Å². The second kappa shape index (κ2) is 5.95. The number of ether oxygens (including phenoxy) is 1. The maximum Gasteiger partial charge on any atom is 0.407 e. The number of hydrogen-bond donors (Lipinski definition) is 2. The Bertz CT molecular complexity index is 207. The molecule has 0 bridgehead atoms. The molecule has 0 aromatic heterocycles. The first-order valence-corrected chi connectivity index (χ1v) is 5.78. The van der Waals surface area contributed by atoms with E-state index in [2.05, 4.69) is 5.32 Å². The van der Waals surface area contributed by atoms with Crippen LogP contribution in [0.3, 0.4) is 0 Å². The van der Waals surface area contributed by atoms with Crippen LogP contribution < -0.4 is 11.1 Å². The van der Waals surface area contributed by atoms with E-state index in [1.807, 2.05) is 13.8 Å². The molecule has 15 heavy (non-hydrogen) atoms. The fourth-order valence-corrected chi connectivity index (χ4v) is 1.77. The van der Waals surface area contributed by atoms with E-state index in [4.69, 9.17) is 10.5 Å². The van der Waals surface area contributed by atoms with E-state index in [0.717, 1.165) is 19.3 Å². The highest BCUT2D eigenvalue weighted by molar-refractivity contribution is 5.67. The second-order valence-electron chi connectivity index (χ2n) is 4.69. The fourth-order valence-electron chi connectivity index (χ4n) is 1.77.